The highest BCUT2D eigenvalue weighted by Crippen LogP contribution is 2.23. The maximum absolute atomic E-state index is 13.0. The fraction of sp³-hybridized carbons (Fsp3) is 0.0714. The summed E-state index contributed by atoms with van der Waals surface area (Å²) in [5, 5.41) is 22.7. The van der Waals surface area contributed by atoms with E-state index in [9.17, 15) is 14.5 Å². The van der Waals surface area contributed by atoms with E-state index in [1.54, 1.807) is 6.07 Å². The van der Waals surface area contributed by atoms with Crippen molar-refractivity contribution >= 4 is 23.0 Å². The minimum Gasteiger partial charge on any atom is -0.380 e. The first kappa shape index (κ1) is 14.8. The van der Waals surface area contributed by atoms with Crippen LogP contribution in [0.2, 0.25) is 5.02 Å². The molecule has 21 heavy (non-hydrogen) atoms. The highest BCUT2D eigenvalue weighted by atomic mass is 35.5. The Kier molecular flexibility index (Phi) is 4.36. The lowest BCUT2D eigenvalue weighted by atomic mass is 10.1. The van der Waals surface area contributed by atoms with Gasteiger partial charge >= 0.3 is 0 Å². The van der Waals surface area contributed by atoms with Crippen molar-refractivity contribution in [2.75, 3.05) is 5.32 Å². The molecule has 0 saturated heterocycles. The number of non-ortho nitro benzene ring substituents is 1. The zero-order chi connectivity index (χ0) is 15.4. The van der Waals surface area contributed by atoms with Gasteiger partial charge in [-0.2, -0.15) is 5.26 Å². The summed E-state index contributed by atoms with van der Waals surface area (Å²) in [6.45, 7) is 0.312. The van der Waals surface area contributed by atoms with Crippen molar-refractivity contribution in [1.82, 2.24) is 0 Å². The third-order valence-electron chi connectivity index (χ3n) is 2.80. The fourth-order valence-electron chi connectivity index (χ4n) is 1.74. The van der Waals surface area contributed by atoms with Crippen molar-refractivity contribution in [2.24, 2.45) is 0 Å². The molecular formula is C14H9ClFN3O2. The summed E-state index contributed by atoms with van der Waals surface area (Å²) >= 11 is 5.68. The van der Waals surface area contributed by atoms with Crippen LogP contribution in [-0.4, -0.2) is 4.92 Å². The number of rotatable bonds is 4. The molecule has 0 radical (unpaired) electrons. The van der Waals surface area contributed by atoms with Gasteiger partial charge in [0.1, 0.15) is 11.9 Å². The van der Waals surface area contributed by atoms with Gasteiger partial charge in [-0.15, -0.1) is 0 Å². The van der Waals surface area contributed by atoms with Crippen molar-refractivity contribution in [3.05, 3.63) is 68.5 Å². The van der Waals surface area contributed by atoms with Crippen LogP contribution in [0.4, 0.5) is 15.8 Å². The number of benzene rings is 2. The number of anilines is 1. The van der Waals surface area contributed by atoms with Gasteiger partial charge in [0.25, 0.3) is 5.69 Å². The molecule has 0 aliphatic carbocycles. The van der Waals surface area contributed by atoms with Crippen LogP contribution in [-0.2, 0) is 6.54 Å². The number of hydrogen-bond donors (Lipinski definition) is 1. The SMILES string of the molecule is N#Cc1cc([N+](=O)[O-])ccc1NCc1ccc(F)c(Cl)c1. The summed E-state index contributed by atoms with van der Waals surface area (Å²) in [6.07, 6.45) is 0. The summed E-state index contributed by atoms with van der Waals surface area (Å²) in [5.74, 6) is -0.506. The van der Waals surface area contributed by atoms with E-state index in [4.69, 9.17) is 16.9 Å². The maximum Gasteiger partial charge on any atom is 0.270 e. The van der Waals surface area contributed by atoms with E-state index in [-0.39, 0.29) is 16.3 Å². The highest BCUT2D eigenvalue weighted by Gasteiger charge is 2.10. The Labute approximate surface area is 124 Å². The number of nitrogens with zero attached hydrogens (tertiary/aromatic N) is 2. The van der Waals surface area contributed by atoms with Gasteiger partial charge in [0.15, 0.2) is 0 Å². The van der Waals surface area contributed by atoms with E-state index in [2.05, 4.69) is 5.32 Å². The van der Waals surface area contributed by atoms with Gasteiger partial charge in [0.2, 0.25) is 0 Å². The minimum atomic E-state index is -0.565. The topological polar surface area (TPSA) is 79.0 Å². The van der Waals surface area contributed by atoms with Gasteiger partial charge in [-0.1, -0.05) is 17.7 Å². The second-order valence-corrected chi connectivity index (χ2v) is 4.61. The van der Waals surface area contributed by atoms with Crippen molar-refractivity contribution < 1.29 is 9.31 Å². The highest BCUT2D eigenvalue weighted by molar-refractivity contribution is 6.30. The Hall–Kier alpha value is -2.65. The van der Waals surface area contributed by atoms with Crippen LogP contribution >= 0.6 is 11.6 Å². The lowest BCUT2D eigenvalue weighted by Crippen LogP contribution is -2.02. The van der Waals surface area contributed by atoms with E-state index in [1.165, 1.54) is 30.3 Å². The second kappa shape index (κ2) is 6.20. The monoisotopic (exact) mass is 305 g/mol. The van der Waals surface area contributed by atoms with Crippen LogP contribution in [0, 0.1) is 27.3 Å². The molecule has 0 spiro atoms. The van der Waals surface area contributed by atoms with E-state index >= 15 is 0 Å². The molecule has 1 N–H and O–H groups in total. The smallest absolute Gasteiger partial charge is 0.270 e. The average Bonchev–Trinajstić information content (AvgIpc) is 2.48. The summed E-state index contributed by atoms with van der Waals surface area (Å²) in [4.78, 5) is 10.1. The quantitative estimate of drug-likeness (QED) is 0.687. The molecule has 0 aromatic heterocycles. The Morgan fingerprint density at radius 1 is 1.33 bits per heavy atom. The van der Waals surface area contributed by atoms with Crippen LogP contribution < -0.4 is 5.32 Å². The van der Waals surface area contributed by atoms with E-state index < -0.39 is 10.7 Å². The molecule has 0 amide bonds. The first-order valence-electron chi connectivity index (χ1n) is 5.87. The van der Waals surface area contributed by atoms with Crippen molar-refractivity contribution in [1.29, 1.82) is 5.26 Å². The first-order valence-corrected chi connectivity index (χ1v) is 6.25. The van der Waals surface area contributed by atoms with E-state index in [0.717, 1.165) is 5.56 Å². The molecule has 0 aliphatic heterocycles. The Bertz CT molecular complexity index is 743. The maximum atomic E-state index is 13.0. The molecule has 0 aliphatic rings. The third-order valence-corrected chi connectivity index (χ3v) is 3.09. The number of nitrogens with one attached hydrogen (secondary N) is 1. The van der Waals surface area contributed by atoms with Crippen molar-refractivity contribution in [3.63, 3.8) is 0 Å². The Morgan fingerprint density at radius 2 is 2.10 bits per heavy atom. The van der Waals surface area contributed by atoms with Crippen LogP contribution in [0.15, 0.2) is 36.4 Å². The molecule has 0 bridgehead atoms. The molecule has 0 fully saturated rings. The average molecular weight is 306 g/mol. The van der Waals surface area contributed by atoms with Crippen molar-refractivity contribution in [3.8, 4) is 6.07 Å². The van der Waals surface area contributed by atoms with Crippen LogP contribution in [0.25, 0.3) is 0 Å². The Balaban J connectivity index is 2.18. The molecule has 0 atom stereocenters. The molecule has 2 aromatic carbocycles. The number of halogens is 2. The summed E-state index contributed by atoms with van der Waals surface area (Å²) < 4.78 is 13.0. The Morgan fingerprint density at radius 3 is 2.71 bits per heavy atom. The minimum absolute atomic E-state index is 0.0125. The lowest BCUT2D eigenvalue weighted by Gasteiger charge is -2.08. The molecule has 106 valence electrons. The zero-order valence-corrected chi connectivity index (χ0v) is 11.4. The zero-order valence-electron chi connectivity index (χ0n) is 10.6. The van der Waals surface area contributed by atoms with Gasteiger partial charge in [0, 0.05) is 18.7 Å². The largest absolute Gasteiger partial charge is 0.380 e. The van der Waals surface area contributed by atoms with Gasteiger partial charge < -0.3 is 5.32 Å². The normalized spacial score (nSPS) is 9.95. The van der Waals surface area contributed by atoms with E-state index in [1.807, 2.05) is 6.07 Å². The first-order chi connectivity index (χ1) is 10.0. The molecule has 7 heteroatoms. The number of nitriles is 1. The van der Waals surface area contributed by atoms with Gasteiger partial charge in [-0.3, -0.25) is 10.1 Å². The molecule has 2 aromatic rings. The standard InChI is InChI=1S/C14H9ClFN3O2/c15-12-5-9(1-3-13(12)16)8-18-14-4-2-11(19(20)21)6-10(14)7-17/h1-6,18H,8H2. The molecule has 0 heterocycles. The number of nitro groups is 1. The van der Waals surface area contributed by atoms with Gasteiger partial charge in [-0.25, -0.2) is 4.39 Å². The second-order valence-electron chi connectivity index (χ2n) is 4.20. The summed E-state index contributed by atoms with van der Waals surface area (Å²) in [7, 11) is 0. The summed E-state index contributed by atoms with van der Waals surface area (Å²) in [5.41, 5.74) is 1.20. The third kappa shape index (κ3) is 3.46. The molecular weight excluding hydrogens is 297 g/mol. The van der Waals surface area contributed by atoms with Crippen LogP contribution in [0.5, 0.6) is 0 Å². The number of nitro benzene ring substituents is 1. The molecule has 2 rings (SSSR count). The lowest BCUT2D eigenvalue weighted by molar-refractivity contribution is -0.384. The van der Waals surface area contributed by atoms with Crippen molar-refractivity contribution in [2.45, 2.75) is 6.54 Å². The van der Waals surface area contributed by atoms with Crippen LogP contribution in [0.1, 0.15) is 11.1 Å². The predicted molar refractivity (Wildman–Crippen MR) is 76.5 cm³/mol. The predicted octanol–water partition coefficient (Wildman–Crippen LogP) is 3.87. The van der Waals surface area contributed by atoms with Gasteiger partial charge in [-0.05, 0) is 23.8 Å². The molecule has 0 saturated carbocycles. The van der Waals surface area contributed by atoms with E-state index in [0.29, 0.717) is 12.2 Å². The number of hydrogen-bond acceptors (Lipinski definition) is 4. The fourth-order valence-corrected chi connectivity index (χ4v) is 1.94. The van der Waals surface area contributed by atoms with Gasteiger partial charge in [0.05, 0.1) is 21.2 Å². The molecule has 5 nitrogen and oxygen atoms in total. The summed E-state index contributed by atoms with van der Waals surface area (Å²) in [6, 6.07) is 10.1. The molecule has 0 unspecified atom stereocenters. The van der Waals surface area contributed by atoms with Crippen LogP contribution in [0.3, 0.4) is 0 Å².